The maximum absolute atomic E-state index is 12.7. The topological polar surface area (TPSA) is 103 Å². The third-order valence-electron chi connectivity index (χ3n) is 4.18. The molecule has 1 amide bonds. The molecule has 148 valence electrons. The summed E-state index contributed by atoms with van der Waals surface area (Å²) in [5, 5.41) is 14.2. The first-order valence-corrected chi connectivity index (χ1v) is 8.84. The molecule has 1 N–H and O–H groups in total. The van der Waals surface area contributed by atoms with E-state index >= 15 is 0 Å². The van der Waals surface area contributed by atoms with Gasteiger partial charge in [-0.1, -0.05) is 29.8 Å². The Morgan fingerprint density at radius 1 is 1.21 bits per heavy atom. The summed E-state index contributed by atoms with van der Waals surface area (Å²) in [6.45, 7) is 0.225. The molecule has 0 saturated heterocycles. The highest BCUT2D eigenvalue weighted by Crippen LogP contribution is 2.25. The van der Waals surface area contributed by atoms with Gasteiger partial charge in [-0.05, 0) is 23.8 Å². The summed E-state index contributed by atoms with van der Waals surface area (Å²) in [5.74, 6) is -0.411. The molecule has 0 aliphatic carbocycles. The predicted octanol–water partition coefficient (Wildman–Crippen LogP) is 3.72. The number of halogens is 1. The lowest BCUT2D eigenvalue weighted by Gasteiger charge is -2.12. The summed E-state index contributed by atoms with van der Waals surface area (Å²) in [5.41, 5.74) is 0.594. The molecule has 1 heterocycles. The maximum atomic E-state index is 12.7. The van der Waals surface area contributed by atoms with Crippen molar-refractivity contribution in [2.24, 2.45) is 0 Å². The molecule has 0 bridgehead atoms. The Labute approximate surface area is 170 Å². The molecule has 9 heteroatoms. The second-order valence-electron chi connectivity index (χ2n) is 6.07. The van der Waals surface area contributed by atoms with Gasteiger partial charge in [-0.15, -0.1) is 0 Å². The number of rotatable bonds is 6. The summed E-state index contributed by atoms with van der Waals surface area (Å²) >= 11 is 6.15. The van der Waals surface area contributed by atoms with E-state index in [2.05, 4.69) is 5.32 Å². The highest BCUT2D eigenvalue weighted by atomic mass is 35.5. The molecular formula is C20H16ClN3O5. The minimum atomic E-state index is -0.603. The van der Waals surface area contributed by atoms with Gasteiger partial charge in [-0.2, -0.15) is 0 Å². The van der Waals surface area contributed by atoms with Crippen molar-refractivity contribution in [1.82, 2.24) is 4.57 Å². The van der Waals surface area contributed by atoms with Crippen LogP contribution in [0.4, 0.5) is 11.4 Å². The van der Waals surface area contributed by atoms with Crippen LogP contribution < -0.4 is 15.6 Å². The molecule has 1 aromatic heterocycles. The zero-order chi connectivity index (χ0) is 21.0. The number of benzene rings is 2. The van der Waals surface area contributed by atoms with Crippen LogP contribution in [0, 0.1) is 10.1 Å². The minimum Gasteiger partial charge on any atom is -0.496 e. The van der Waals surface area contributed by atoms with Crippen molar-refractivity contribution in [1.29, 1.82) is 0 Å². The van der Waals surface area contributed by atoms with Crippen molar-refractivity contribution in [3.05, 3.63) is 97.4 Å². The molecule has 0 spiro atoms. The van der Waals surface area contributed by atoms with Crippen LogP contribution in [0.3, 0.4) is 0 Å². The zero-order valence-electron chi connectivity index (χ0n) is 15.3. The first-order chi connectivity index (χ1) is 13.9. The first kappa shape index (κ1) is 20.1. The Morgan fingerprint density at radius 2 is 1.97 bits per heavy atom. The largest absolute Gasteiger partial charge is 0.496 e. The summed E-state index contributed by atoms with van der Waals surface area (Å²) in [4.78, 5) is 35.2. The van der Waals surface area contributed by atoms with E-state index in [0.717, 1.165) is 11.6 Å². The number of nitro groups is 1. The van der Waals surface area contributed by atoms with E-state index in [1.165, 1.54) is 42.1 Å². The first-order valence-electron chi connectivity index (χ1n) is 8.46. The molecule has 0 aliphatic rings. The molecule has 0 saturated carbocycles. The number of pyridine rings is 1. The number of non-ortho nitro benzene ring substituents is 1. The fourth-order valence-corrected chi connectivity index (χ4v) is 2.92. The quantitative estimate of drug-likeness (QED) is 0.490. The Morgan fingerprint density at radius 3 is 2.66 bits per heavy atom. The third kappa shape index (κ3) is 4.61. The van der Waals surface area contributed by atoms with Crippen molar-refractivity contribution < 1.29 is 14.5 Å². The van der Waals surface area contributed by atoms with E-state index in [4.69, 9.17) is 16.3 Å². The standard InChI is InChI=1S/C20H16ClN3O5/c1-29-18-8-7-15(24(27)28)10-16(18)20(26)22-14-6-9-19(25)23(12-14)11-13-4-2-3-5-17(13)21/h2-10,12H,11H2,1H3,(H,22,26). The normalized spacial score (nSPS) is 10.4. The summed E-state index contributed by atoms with van der Waals surface area (Å²) < 4.78 is 6.52. The summed E-state index contributed by atoms with van der Waals surface area (Å²) in [6, 6.07) is 13.6. The molecule has 0 fully saturated rings. The summed E-state index contributed by atoms with van der Waals surface area (Å²) in [6.07, 6.45) is 1.48. The summed E-state index contributed by atoms with van der Waals surface area (Å²) in [7, 11) is 1.36. The van der Waals surface area contributed by atoms with Crippen molar-refractivity contribution in [2.75, 3.05) is 12.4 Å². The molecule has 2 aromatic carbocycles. The third-order valence-corrected chi connectivity index (χ3v) is 4.55. The number of carbonyl (C=O) groups excluding carboxylic acids is 1. The Bertz CT molecular complexity index is 1140. The lowest BCUT2D eigenvalue weighted by molar-refractivity contribution is -0.384. The average Bonchev–Trinajstić information content (AvgIpc) is 2.71. The number of nitrogens with zero attached hydrogens (tertiary/aromatic N) is 2. The number of methoxy groups -OCH3 is 1. The van der Waals surface area contributed by atoms with Gasteiger partial charge in [0.05, 0.1) is 29.8 Å². The zero-order valence-corrected chi connectivity index (χ0v) is 16.1. The van der Waals surface area contributed by atoms with Gasteiger partial charge < -0.3 is 14.6 Å². The van der Waals surface area contributed by atoms with E-state index in [1.807, 2.05) is 6.07 Å². The van der Waals surface area contributed by atoms with Crippen LogP contribution in [0.2, 0.25) is 5.02 Å². The SMILES string of the molecule is COc1ccc([N+](=O)[O-])cc1C(=O)Nc1ccc(=O)n(Cc2ccccc2Cl)c1. The van der Waals surface area contributed by atoms with Crippen molar-refractivity contribution in [2.45, 2.75) is 6.54 Å². The molecule has 29 heavy (non-hydrogen) atoms. The monoisotopic (exact) mass is 413 g/mol. The van der Waals surface area contributed by atoms with Crippen molar-refractivity contribution in [3.8, 4) is 5.75 Å². The number of nitro benzene ring substituents is 1. The van der Waals surface area contributed by atoms with Crippen LogP contribution in [0.25, 0.3) is 0 Å². The molecule has 8 nitrogen and oxygen atoms in total. The van der Waals surface area contributed by atoms with Crippen LogP contribution in [-0.4, -0.2) is 22.5 Å². The van der Waals surface area contributed by atoms with E-state index in [0.29, 0.717) is 10.7 Å². The molecular weight excluding hydrogens is 398 g/mol. The van der Waals surface area contributed by atoms with E-state index in [1.54, 1.807) is 18.2 Å². The number of amides is 1. The van der Waals surface area contributed by atoms with E-state index in [9.17, 15) is 19.7 Å². The fraction of sp³-hybridized carbons (Fsp3) is 0.100. The van der Waals surface area contributed by atoms with Gasteiger partial charge >= 0.3 is 0 Å². The van der Waals surface area contributed by atoms with Crippen molar-refractivity contribution in [3.63, 3.8) is 0 Å². The van der Waals surface area contributed by atoms with Crippen molar-refractivity contribution >= 4 is 28.9 Å². The van der Waals surface area contributed by atoms with Crippen LogP contribution in [0.5, 0.6) is 5.75 Å². The Hall–Kier alpha value is -3.65. The van der Waals surface area contributed by atoms with Gasteiger partial charge in [0.2, 0.25) is 0 Å². The van der Waals surface area contributed by atoms with Crippen LogP contribution >= 0.6 is 11.6 Å². The number of anilines is 1. The number of carbonyl (C=O) groups is 1. The maximum Gasteiger partial charge on any atom is 0.270 e. The molecule has 0 atom stereocenters. The minimum absolute atomic E-state index is 0.00514. The van der Waals surface area contributed by atoms with Gasteiger partial charge in [-0.25, -0.2) is 0 Å². The molecule has 0 unspecified atom stereocenters. The van der Waals surface area contributed by atoms with Gasteiger partial charge in [0, 0.05) is 29.4 Å². The molecule has 3 aromatic rings. The fourth-order valence-electron chi connectivity index (χ4n) is 2.72. The second-order valence-corrected chi connectivity index (χ2v) is 6.48. The van der Waals surface area contributed by atoms with E-state index < -0.39 is 10.8 Å². The lowest BCUT2D eigenvalue weighted by Crippen LogP contribution is -2.21. The number of ether oxygens (including phenoxy) is 1. The van der Waals surface area contributed by atoms with Gasteiger partial charge in [-0.3, -0.25) is 19.7 Å². The van der Waals surface area contributed by atoms with Crippen LogP contribution in [0.1, 0.15) is 15.9 Å². The second kappa shape index (κ2) is 8.57. The van der Waals surface area contributed by atoms with Gasteiger partial charge in [0.25, 0.3) is 17.2 Å². The number of hydrogen-bond donors (Lipinski definition) is 1. The van der Waals surface area contributed by atoms with Gasteiger partial charge in [0.1, 0.15) is 5.75 Å². The number of hydrogen-bond acceptors (Lipinski definition) is 5. The highest BCUT2D eigenvalue weighted by molar-refractivity contribution is 6.31. The predicted molar refractivity (Wildman–Crippen MR) is 109 cm³/mol. The molecule has 3 rings (SSSR count). The van der Waals surface area contributed by atoms with E-state index in [-0.39, 0.29) is 29.1 Å². The smallest absolute Gasteiger partial charge is 0.270 e. The average molecular weight is 414 g/mol. The highest BCUT2D eigenvalue weighted by Gasteiger charge is 2.18. The van der Waals surface area contributed by atoms with Crippen LogP contribution in [0.15, 0.2) is 65.6 Å². The number of nitrogens with one attached hydrogen (secondary N) is 1. The van der Waals surface area contributed by atoms with Gasteiger partial charge in [0.15, 0.2) is 0 Å². The lowest BCUT2D eigenvalue weighted by atomic mass is 10.1. The number of aromatic nitrogens is 1. The Kier molecular flexibility index (Phi) is 5.94. The molecule has 0 aliphatic heterocycles. The molecule has 0 radical (unpaired) electrons. The Balaban J connectivity index is 1.88. The van der Waals surface area contributed by atoms with Crippen LogP contribution in [-0.2, 0) is 6.54 Å².